The van der Waals surface area contributed by atoms with Crippen molar-refractivity contribution in [2.24, 2.45) is 21.9 Å². The van der Waals surface area contributed by atoms with Gasteiger partial charge in [-0.05, 0) is 31.6 Å². The Labute approximate surface area is 107 Å². The van der Waals surface area contributed by atoms with Crippen molar-refractivity contribution in [1.82, 2.24) is 0 Å². The third-order valence-corrected chi connectivity index (χ3v) is 6.08. The number of nitrogens with zero attached hydrogens (tertiary/aromatic N) is 1. The highest BCUT2D eigenvalue weighted by molar-refractivity contribution is 5.93. The van der Waals surface area contributed by atoms with E-state index < -0.39 is 5.60 Å². The van der Waals surface area contributed by atoms with Crippen LogP contribution in [0.2, 0.25) is 0 Å². The molecule has 2 saturated carbocycles. The van der Waals surface area contributed by atoms with Crippen molar-refractivity contribution >= 4 is 11.7 Å². The van der Waals surface area contributed by atoms with E-state index in [2.05, 4.69) is 25.9 Å². The first kappa shape index (κ1) is 12.0. The molecule has 100 valence electrons. The highest BCUT2D eigenvalue weighted by atomic mass is 16.6. The summed E-state index contributed by atoms with van der Waals surface area (Å²) < 4.78 is 5.85. The first-order chi connectivity index (χ1) is 8.39. The molecule has 0 aromatic carbocycles. The number of hydrogen-bond acceptors (Lipinski definition) is 4. The van der Waals surface area contributed by atoms with Gasteiger partial charge in [0.25, 0.3) is 0 Å². The maximum Gasteiger partial charge on any atom is 0.307 e. The molecule has 3 atom stereocenters. The van der Waals surface area contributed by atoms with E-state index in [-0.39, 0.29) is 16.8 Å². The number of carbonyl (C=O) groups excluding carboxylic acids is 1. The van der Waals surface area contributed by atoms with E-state index >= 15 is 0 Å². The van der Waals surface area contributed by atoms with Gasteiger partial charge in [0.15, 0.2) is 0 Å². The lowest BCUT2D eigenvalue weighted by atomic mass is 9.51. The first-order valence-electron chi connectivity index (χ1n) is 6.83. The van der Waals surface area contributed by atoms with Gasteiger partial charge in [0.1, 0.15) is 5.60 Å². The van der Waals surface area contributed by atoms with Gasteiger partial charge in [0.05, 0.1) is 12.1 Å². The Morgan fingerprint density at radius 3 is 2.78 bits per heavy atom. The molecule has 4 heteroatoms. The molecule has 1 N–H and O–H groups in total. The van der Waals surface area contributed by atoms with Crippen molar-refractivity contribution < 1.29 is 14.7 Å². The van der Waals surface area contributed by atoms with Gasteiger partial charge in [-0.2, -0.15) is 0 Å². The van der Waals surface area contributed by atoms with Crippen molar-refractivity contribution in [2.45, 2.75) is 58.5 Å². The van der Waals surface area contributed by atoms with Gasteiger partial charge < -0.3 is 9.94 Å². The highest BCUT2D eigenvalue weighted by Gasteiger charge is 2.74. The number of hydrogen-bond donors (Lipinski definition) is 1. The number of oxime groups is 1. The van der Waals surface area contributed by atoms with Gasteiger partial charge >= 0.3 is 5.97 Å². The Morgan fingerprint density at radius 1 is 1.39 bits per heavy atom. The van der Waals surface area contributed by atoms with Crippen LogP contribution in [0.5, 0.6) is 0 Å². The predicted molar refractivity (Wildman–Crippen MR) is 66.5 cm³/mol. The molecule has 0 spiro atoms. The van der Waals surface area contributed by atoms with Crippen LogP contribution in [0, 0.1) is 16.7 Å². The van der Waals surface area contributed by atoms with Crippen LogP contribution in [0.15, 0.2) is 5.16 Å². The average Bonchev–Trinajstić information content (AvgIpc) is 2.74. The molecule has 0 aromatic heterocycles. The van der Waals surface area contributed by atoms with Gasteiger partial charge in [-0.25, -0.2) is 0 Å². The van der Waals surface area contributed by atoms with E-state index in [1.165, 1.54) is 0 Å². The van der Waals surface area contributed by atoms with Gasteiger partial charge in [-0.1, -0.05) is 25.9 Å². The lowest BCUT2D eigenvalue weighted by Gasteiger charge is -2.54. The summed E-state index contributed by atoms with van der Waals surface area (Å²) in [6.07, 6.45) is 4.20. The molecule has 3 rings (SSSR count). The molecular weight excluding hydrogens is 230 g/mol. The SMILES string of the molecule is C[C@@H]1CC[C@]23OC(=O)C[C@]12CC/C(=N\O)C3(C)C. The Bertz CT molecular complexity index is 442. The minimum absolute atomic E-state index is 0.0399. The van der Waals surface area contributed by atoms with Gasteiger partial charge in [-0.15, -0.1) is 0 Å². The number of ether oxygens (including phenoxy) is 1. The normalized spacial score (nSPS) is 47.8. The molecule has 0 amide bonds. The predicted octanol–water partition coefficient (Wildman–Crippen LogP) is 2.74. The largest absolute Gasteiger partial charge is 0.457 e. The monoisotopic (exact) mass is 251 g/mol. The minimum atomic E-state index is -0.448. The zero-order valence-electron chi connectivity index (χ0n) is 11.3. The van der Waals surface area contributed by atoms with Gasteiger partial charge in [-0.3, -0.25) is 4.79 Å². The number of rotatable bonds is 0. The second kappa shape index (κ2) is 3.28. The molecule has 4 nitrogen and oxygen atoms in total. The summed E-state index contributed by atoms with van der Waals surface area (Å²) in [5.74, 6) is 0.428. The van der Waals surface area contributed by atoms with E-state index in [0.29, 0.717) is 12.3 Å². The standard InChI is InChI=1S/C14H21NO3/c1-9-4-7-14-12(2,3)10(15-17)5-6-13(9,14)8-11(16)18-14/h9,17H,4-8H2,1-3H3/b15-10+/t9-,13-,14-/m1/s1. The zero-order valence-corrected chi connectivity index (χ0v) is 11.3. The second-order valence-corrected chi connectivity index (χ2v) is 6.75. The molecule has 1 aliphatic heterocycles. The molecule has 0 bridgehead atoms. The van der Waals surface area contributed by atoms with E-state index in [1.54, 1.807) is 0 Å². The fourth-order valence-corrected chi connectivity index (χ4v) is 4.96. The highest BCUT2D eigenvalue weighted by Crippen LogP contribution is 2.69. The van der Waals surface area contributed by atoms with Gasteiger partial charge in [0.2, 0.25) is 0 Å². The van der Waals surface area contributed by atoms with Crippen LogP contribution < -0.4 is 0 Å². The van der Waals surface area contributed by atoms with E-state index in [0.717, 1.165) is 31.4 Å². The summed E-state index contributed by atoms with van der Waals surface area (Å²) in [4.78, 5) is 11.9. The number of carbonyl (C=O) groups is 1. The van der Waals surface area contributed by atoms with Crippen LogP contribution in [-0.2, 0) is 9.53 Å². The quantitative estimate of drug-likeness (QED) is 0.409. The first-order valence-corrected chi connectivity index (χ1v) is 6.83. The van der Waals surface area contributed by atoms with Crippen molar-refractivity contribution in [3.05, 3.63) is 0 Å². The van der Waals surface area contributed by atoms with Crippen LogP contribution in [0.25, 0.3) is 0 Å². The summed E-state index contributed by atoms with van der Waals surface area (Å²) in [7, 11) is 0. The van der Waals surface area contributed by atoms with Crippen molar-refractivity contribution in [1.29, 1.82) is 0 Å². The van der Waals surface area contributed by atoms with E-state index in [4.69, 9.17) is 4.74 Å². The molecule has 3 fully saturated rings. The molecule has 0 aromatic rings. The molecule has 2 aliphatic carbocycles. The Balaban J connectivity index is 2.19. The smallest absolute Gasteiger partial charge is 0.307 e. The summed E-state index contributed by atoms with van der Waals surface area (Å²) in [6, 6.07) is 0. The fourth-order valence-electron chi connectivity index (χ4n) is 4.96. The van der Waals surface area contributed by atoms with Crippen LogP contribution in [-0.4, -0.2) is 22.5 Å². The van der Waals surface area contributed by atoms with Crippen molar-refractivity contribution in [2.75, 3.05) is 0 Å². The third kappa shape index (κ3) is 1.04. The Kier molecular flexibility index (Phi) is 2.19. The Hall–Kier alpha value is -1.06. The summed E-state index contributed by atoms with van der Waals surface area (Å²) >= 11 is 0. The molecule has 3 aliphatic rings. The minimum Gasteiger partial charge on any atom is -0.457 e. The molecular formula is C14H21NO3. The molecule has 1 heterocycles. The van der Waals surface area contributed by atoms with Crippen LogP contribution in [0.1, 0.15) is 52.9 Å². The van der Waals surface area contributed by atoms with Crippen molar-refractivity contribution in [3.63, 3.8) is 0 Å². The summed E-state index contributed by atoms with van der Waals surface area (Å²) in [6.45, 7) is 6.36. The fraction of sp³-hybridized carbons (Fsp3) is 0.857. The molecule has 0 radical (unpaired) electrons. The summed E-state index contributed by atoms with van der Waals surface area (Å²) in [5, 5.41) is 12.7. The number of esters is 1. The van der Waals surface area contributed by atoms with Crippen LogP contribution in [0.4, 0.5) is 0 Å². The van der Waals surface area contributed by atoms with E-state index in [9.17, 15) is 10.0 Å². The Morgan fingerprint density at radius 2 is 2.11 bits per heavy atom. The lowest BCUT2D eigenvalue weighted by molar-refractivity contribution is -0.163. The van der Waals surface area contributed by atoms with Crippen LogP contribution >= 0.6 is 0 Å². The second-order valence-electron chi connectivity index (χ2n) is 6.75. The summed E-state index contributed by atoms with van der Waals surface area (Å²) in [5.41, 5.74) is -0.0726. The lowest BCUT2D eigenvalue weighted by Crippen LogP contribution is -2.60. The molecule has 0 unspecified atom stereocenters. The average molecular weight is 251 g/mol. The van der Waals surface area contributed by atoms with Crippen LogP contribution in [0.3, 0.4) is 0 Å². The zero-order chi connectivity index (χ0) is 13.2. The third-order valence-electron chi connectivity index (χ3n) is 6.08. The van der Waals surface area contributed by atoms with Gasteiger partial charge in [0, 0.05) is 10.8 Å². The molecule has 1 saturated heterocycles. The van der Waals surface area contributed by atoms with Crippen molar-refractivity contribution in [3.8, 4) is 0 Å². The maximum atomic E-state index is 11.9. The maximum absolute atomic E-state index is 11.9. The van der Waals surface area contributed by atoms with E-state index in [1.807, 2.05) is 0 Å². The molecule has 18 heavy (non-hydrogen) atoms. The topological polar surface area (TPSA) is 58.9 Å².